The number of hydrogen-bond acceptors (Lipinski definition) is 2. The molecule has 0 atom stereocenters. The average molecular weight is 320 g/mol. The van der Waals surface area contributed by atoms with Crippen molar-refractivity contribution in [2.75, 3.05) is 0 Å². The summed E-state index contributed by atoms with van der Waals surface area (Å²) in [6.45, 7) is 0.617. The van der Waals surface area contributed by atoms with E-state index in [1.54, 1.807) is 11.3 Å². The number of halogens is 1. The molecule has 0 spiro atoms. The Labute approximate surface area is 134 Å². The predicted octanol–water partition coefficient (Wildman–Crippen LogP) is 4.53. The number of rotatable bonds is 4. The van der Waals surface area contributed by atoms with Crippen LogP contribution in [0, 0.1) is 0 Å². The molecule has 0 radical (unpaired) electrons. The third-order valence-corrected chi connectivity index (χ3v) is 5.42. The Kier molecular flexibility index (Phi) is 4.32. The molecule has 0 unspecified atom stereocenters. The van der Waals surface area contributed by atoms with Crippen molar-refractivity contribution in [1.82, 2.24) is 5.32 Å². The van der Waals surface area contributed by atoms with E-state index >= 15 is 0 Å². The first kappa shape index (κ1) is 14.6. The van der Waals surface area contributed by atoms with Gasteiger partial charge in [0.15, 0.2) is 0 Å². The molecule has 1 N–H and O–H groups in total. The summed E-state index contributed by atoms with van der Waals surface area (Å²) in [6.07, 6.45) is 4.06. The summed E-state index contributed by atoms with van der Waals surface area (Å²) in [4.78, 5) is 14.0. The van der Waals surface area contributed by atoms with Crippen LogP contribution in [0.4, 0.5) is 0 Å². The molecule has 0 aliphatic heterocycles. The summed E-state index contributed by atoms with van der Waals surface area (Å²) in [7, 11) is 0. The third-order valence-electron chi connectivity index (χ3n) is 4.29. The highest BCUT2D eigenvalue weighted by Crippen LogP contribution is 2.41. The molecule has 1 aliphatic carbocycles. The van der Waals surface area contributed by atoms with Crippen LogP contribution in [0.15, 0.2) is 41.8 Å². The van der Waals surface area contributed by atoms with Gasteiger partial charge in [-0.25, -0.2) is 0 Å². The highest BCUT2D eigenvalue weighted by molar-refractivity contribution is 7.09. The molecule has 0 bridgehead atoms. The van der Waals surface area contributed by atoms with E-state index in [4.69, 9.17) is 11.6 Å². The molecular formula is C17H18ClNOS. The molecule has 1 saturated carbocycles. The summed E-state index contributed by atoms with van der Waals surface area (Å²) in [5, 5.41) is 5.87. The van der Waals surface area contributed by atoms with Crippen molar-refractivity contribution in [2.45, 2.75) is 37.6 Å². The fourth-order valence-corrected chi connectivity index (χ4v) is 3.91. The lowest BCUT2D eigenvalue weighted by atomic mass is 9.78. The Bertz CT molecular complexity index is 600. The molecular weight excluding hydrogens is 302 g/mol. The predicted molar refractivity (Wildman–Crippen MR) is 87.8 cm³/mol. The molecule has 3 rings (SSSR count). The fourth-order valence-electron chi connectivity index (χ4n) is 3.14. The first-order valence-corrected chi connectivity index (χ1v) is 8.53. The normalized spacial score (nSPS) is 16.8. The van der Waals surface area contributed by atoms with Crippen LogP contribution in [0.1, 0.15) is 36.1 Å². The molecule has 1 heterocycles. The molecule has 1 aromatic carbocycles. The molecule has 1 aromatic heterocycles. The second kappa shape index (κ2) is 6.20. The third kappa shape index (κ3) is 2.99. The van der Waals surface area contributed by atoms with Crippen molar-refractivity contribution in [3.05, 3.63) is 57.2 Å². The first-order valence-electron chi connectivity index (χ1n) is 7.27. The summed E-state index contributed by atoms with van der Waals surface area (Å²) in [5.41, 5.74) is 0.718. The Balaban J connectivity index is 1.79. The number of nitrogens with one attached hydrogen (secondary N) is 1. The largest absolute Gasteiger partial charge is 0.350 e. The van der Waals surface area contributed by atoms with E-state index in [0.29, 0.717) is 11.6 Å². The smallest absolute Gasteiger partial charge is 0.230 e. The second-order valence-corrected chi connectivity index (χ2v) is 7.03. The van der Waals surface area contributed by atoms with Gasteiger partial charge in [0.2, 0.25) is 5.91 Å². The lowest BCUT2D eigenvalue weighted by Gasteiger charge is -2.28. The van der Waals surface area contributed by atoms with Crippen LogP contribution in [0.3, 0.4) is 0 Å². The van der Waals surface area contributed by atoms with Gasteiger partial charge in [-0.15, -0.1) is 11.3 Å². The SMILES string of the molecule is O=C(NCc1cccs1)C1(c2ccc(Cl)cc2)CCCC1. The number of carbonyl (C=O) groups excluding carboxylic acids is 1. The van der Waals surface area contributed by atoms with Crippen LogP contribution in [-0.4, -0.2) is 5.91 Å². The number of amides is 1. The summed E-state index contributed by atoms with van der Waals surface area (Å²) < 4.78 is 0. The summed E-state index contributed by atoms with van der Waals surface area (Å²) >= 11 is 7.64. The van der Waals surface area contributed by atoms with Crippen molar-refractivity contribution in [2.24, 2.45) is 0 Å². The average Bonchev–Trinajstić information content (AvgIpc) is 3.17. The van der Waals surface area contributed by atoms with Gasteiger partial charge >= 0.3 is 0 Å². The molecule has 110 valence electrons. The lowest BCUT2D eigenvalue weighted by molar-refractivity contribution is -0.126. The number of carbonyl (C=O) groups is 1. The van der Waals surface area contributed by atoms with Gasteiger partial charge in [0.1, 0.15) is 0 Å². The van der Waals surface area contributed by atoms with Gasteiger partial charge in [0, 0.05) is 9.90 Å². The Hall–Kier alpha value is -1.32. The monoisotopic (exact) mass is 319 g/mol. The molecule has 2 nitrogen and oxygen atoms in total. The first-order chi connectivity index (χ1) is 10.2. The number of hydrogen-bond donors (Lipinski definition) is 1. The van der Waals surface area contributed by atoms with E-state index in [1.165, 1.54) is 4.88 Å². The van der Waals surface area contributed by atoms with Crippen molar-refractivity contribution < 1.29 is 4.79 Å². The van der Waals surface area contributed by atoms with E-state index < -0.39 is 0 Å². The van der Waals surface area contributed by atoms with Crippen LogP contribution in [-0.2, 0) is 16.8 Å². The minimum Gasteiger partial charge on any atom is -0.350 e. The number of thiophene rings is 1. The lowest BCUT2D eigenvalue weighted by Crippen LogP contribution is -2.42. The zero-order chi connectivity index (χ0) is 14.7. The molecule has 2 aromatic rings. The van der Waals surface area contributed by atoms with Gasteiger partial charge in [0.25, 0.3) is 0 Å². The zero-order valence-corrected chi connectivity index (χ0v) is 13.3. The Morgan fingerprint density at radius 1 is 1.19 bits per heavy atom. The topological polar surface area (TPSA) is 29.1 Å². The van der Waals surface area contributed by atoms with E-state index in [2.05, 4.69) is 11.4 Å². The highest BCUT2D eigenvalue weighted by Gasteiger charge is 2.42. The summed E-state index contributed by atoms with van der Waals surface area (Å²) in [5.74, 6) is 0.149. The maximum absolute atomic E-state index is 12.8. The van der Waals surface area contributed by atoms with Crippen molar-refractivity contribution in [1.29, 1.82) is 0 Å². The van der Waals surface area contributed by atoms with Gasteiger partial charge in [0.05, 0.1) is 12.0 Å². The van der Waals surface area contributed by atoms with Crippen LogP contribution in [0.25, 0.3) is 0 Å². The second-order valence-electron chi connectivity index (χ2n) is 5.56. The number of benzene rings is 1. The molecule has 1 fully saturated rings. The fraction of sp³-hybridized carbons (Fsp3) is 0.353. The summed E-state index contributed by atoms with van der Waals surface area (Å²) in [6, 6.07) is 11.8. The van der Waals surface area contributed by atoms with Crippen molar-refractivity contribution >= 4 is 28.8 Å². The maximum atomic E-state index is 12.8. The van der Waals surface area contributed by atoms with E-state index in [-0.39, 0.29) is 11.3 Å². The van der Waals surface area contributed by atoms with Gasteiger partial charge in [-0.3, -0.25) is 4.79 Å². The minimum atomic E-state index is -0.373. The standard InChI is InChI=1S/C17H18ClNOS/c18-14-7-5-13(6-8-14)17(9-1-2-10-17)16(20)19-12-15-4-3-11-21-15/h3-8,11H,1-2,9-10,12H2,(H,19,20). The molecule has 21 heavy (non-hydrogen) atoms. The Morgan fingerprint density at radius 2 is 1.90 bits per heavy atom. The Morgan fingerprint density at radius 3 is 2.52 bits per heavy atom. The molecule has 1 aliphatic rings. The zero-order valence-electron chi connectivity index (χ0n) is 11.8. The van der Waals surface area contributed by atoms with Gasteiger partial charge in [-0.05, 0) is 42.0 Å². The van der Waals surface area contributed by atoms with Crippen LogP contribution < -0.4 is 5.32 Å². The van der Waals surface area contributed by atoms with Gasteiger partial charge in [-0.1, -0.05) is 42.6 Å². The van der Waals surface area contributed by atoms with Crippen LogP contribution in [0.2, 0.25) is 5.02 Å². The van der Waals surface area contributed by atoms with Crippen LogP contribution in [0.5, 0.6) is 0 Å². The van der Waals surface area contributed by atoms with Gasteiger partial charge in [-0.2, -0.15) is 0 Å². The van der Waals surface area contributed by atoms with E-state index in [9.17, 15) is 4.79 Å². The molecule has 0 saturated heterocycles. The minimum absolute atomic E-state index is 0.149. The molecule has 1 amide bonds. The highest BCUT2D eigenvalue weighted by atomic mass is 35.5. The van der Waals surface area contributed by atoms with E-state index in [1.807, 2.05) is 35.7 Å². The van der Waals surface area contributed by atoms with Gasteiger partial charge < -0.3 is 5.32 Å². The van der Waals surface area contributed by atoms with Crippen molar-refractivity contribution in [3.8, 4) is 0 Å². The van der Waals surface area contributed by atoms with Crippen molar-refractivity contribution in [3.63, 3.8) is 0 Å². The van der Waals surface area contributed by atoms with E-state index in [0.717, 1.165) is 31.2 Å². The molecule has 4 heteroatoms. The van der Waals surface area contributed by atoms with Crippen LogP contribution >= 0.6 is 22.9 Å². The maximum Gasteiger partial charge on any atom is 0.230 e. The quantitative estimate of drug-likeness (QED) is 0.881.